The summed E-state index contributed by atoms with van der Waals surface area (Å²) in [6.07, 6.45) is 0. The first-order chi connectivity index (χ1) is 6.84. The summed E-state index contributed by atoms with van der Waals surface area (Å²) in [5.74, 6) is 0.832. The molecule has 0 amide bonds. The third kappa shape index (κ3) is 3.21. The summed E-state index contributed by atoms with van der Waals surface area (Å²) >= 11 is 3.45. The van der Waals surface area contributed by atoms with E-state index in [0.29, 0.717) is 0 Å². The number of ether oxygens (including phenoxy) is 1. The molecular formula is C12H18BrNO. The minimum atomic E-state index is 0.00361. The van der Waals surface area contributed by atoms with E-state index in [2.05, 4.69) is 36.7 Å². The molecule has 1 aromatic carbocycles. The van der Waals surface area contributed by atoms with Gasteiger partial charge < -0.3 is 10.5 Å². The molecule has 0 aliphatic heterocycles. The van der Waals surface area contributed by atoms with Crippen LogP contribution in [0.15, 0.2) is 22.7 Å². The molecule has 1 atom stereocenters. The van der Waals surface area contributed by atoms with Gasteiger partial charge in [-0.05, 0) is 29.2 Å². The third-order valence-corrected chi connectivity index (χ3v) is 2.88. The zero-order valence-electron chi connectivity index (χ0n) is 9.67. The molecule has 15 heavy (non-hydrogen) atoms. The summed E-state index contributed by atoms with van der Waals surface area (Å²) in [5.41, 5.74) is 7.33. The Labute approximate surface area is 99.9 Å². The maximum atomic E-state index is 6.19. The van der Waals surface area contributed by atoms with E-state index in [-0.39, 0.29) is 11.5 Å². The van der Waals surface area contributed by atoms with Crippen LogP contribution in [0.25, 0.3) is 0 Å². The third-order valence-electron chi connectivity index (χ3n) is 2.42. The lowest BCUT2D eigenvalue weighted by molar-refractivity contribution is 0.325. The number of hydrogen-bond donors (Lipinski definition) is 1. The van der Waals surface area contributed by atoms with Crippen molar-refractivity contribution in [3.63, 3.8) is 0 Å². The van der Waals surface area contributed by atoms with Crippen molar-refractivity contribution in [3.8, 4) is 5.75 Å². The quantitative estimate of drug-likeness (QED) is 0.894. The summed E-state index contributed by atoms with van der Waals surface area (Å²) in [4.78, 5) is 0. The first-order valence-electron chi connectivity index (χ1n) is 4.94. The summed E-state index contributed by atoms with van der Waals surface area (Å²) in [6, 6.07) is 5.96. The second-order valence-corrected chi connectivity index (χ2v) is 5.68. The lowest BCUT2D eigenvalue weighted by atomic mass is 9.83. The highest BCUT2D eigenvalue weighted by molar-refractivity contribution is 9.10. The molecule has 3 heteroatoms. The van der Waals surface area contributed by atoms with Crippen molar-refractivity contribution >= 4 is 15.9 Å². The van der Waals surface area contributed by atoms with Gasteiger partial charge in [0.05, 0.1) is 7.11 Å². The molecule has 1 aromatic rings. The maximum absolute atomic E-state index is 6.19. The molecule has 0 aliphatic rings. The van der Waals surface area contributed by atoms with Gasteiger partial charge in [0, 0.05) is 10.5 Å². The van der Waals surface area contributed by atoms with Gasteiger partial charge in [0.25, 0.3) is 0 Å². The molecule has 0 aliphatic carbocycles. The Morgan fingerprint density at radius 3 is 2.33 bits per heavy atom. The Morgan fingerprint density at radius 1 is 1.27 bits per heavy atom. The lowest BCUT2D eigenvalue weighted by Crippen LogP contribution is -2.26. The topological polar surface area (TPSA) is 35.2 Å². The van der Waals surface area contributed by atoms with E-state index in [1.165, 1.54) is 0 Å². The van der Waals surface area contributed by atoms with Gasteiger partial charge in [0.15, 0.2) is 0 Å². The number of rotatable bonds is 2. The molecule has 0 radical (unpaired) electrons. The van der Waals surface area contributed by atoms with Gasteiger partial charge in [-0.3, -0.25) is 0 Å². The number of hydrogen-bond acceptors (Lipinski definition) is 2. The van der Waals surface area contributed by atoms with E-state index >= 15 is 0 Å². The molecule has 0 aromatic heterocycles. The maximum Gasteiger partial charge on any atom is 0.120 e. The van der Waals surface area contributed by atoms with E-state index in [9.17, 15) is 0 Å². The molecule has 0 saturated carbocycles. The van der Waals surface area contributed by atoms with E-state index in [1.807, 2.05) is 18.2 Å². The standard InChI is InChI=1S/C12H18BrNO/c1-12(2,3)11(14)8-5-9(13)7-10(6-8)15-4/h5-7,11H,14H2,1-4H3/t11-/m0/s1. The summed E-state index contributed by atoms with van der Waals surface area (Å²) in [5, 5.41) is 0. The molecule has 0 spiro atoms. The van der Waals surface area contributed by atoms with Crippen LogP contribution in [0.3, 0.4) is 0 Å². The summed E-state index contributed by atoms with van der Waals surface area (Å²) in [6.45, 7) is 6.39. The minimum Gasteiger partial charge on any atom is -0.497 e. The van der Waals surface area contributed by atoms with Gasteiger partial charge in [-0.25, -0.2) is 0 Å². The first kappa shape index (κ1) is 12.5. The van der Waals surface area contributed by atoms with Gasteiger partial charge in [0.1, 0.15) is 5.75 Å². The summed E-state index contributed by atoms with van der Waals surface area (Å²) in [7, 11) is 1.66. The van der Waals surface area contributed by atoms with Crippen LogP contribution in [0.1, 0.15) is 32.4 Å². The average molecular weight is 272 g/mol. The lowest BCUT2D eigenvalue weighted by Gasteiger charge is -2.27. The fraction of sp³-hybridized carbons (Fsp3) is 0.500. The molecular weight excluding hydrogens is 254 g/mol. The normalized spacial score (nSPS) is 13.7. The minimum absolute atomic E-state index is 0.00361. The van der Waals surface area contributed by atoms with Crippen LogP contribution in [-0.2, 0) is 0 Å². The van der Waals surface area contributed by atoms with Gasteiger partial charge in [-0.2, -0.15) is 0 Å². The predicted molar refractivity (Wildman–Crippen MR) is 67.1 cm³/mol. The molecule has 0 heterocycles. The fourth-order valence-corrected chi connectivity index (χ4v) is 1.87. The molecule has 2 N–H and O–H groups in total. The van der Waals surface area contributed by atoms with Gasteiger partial charge in [0.2, 0.25) is 0 Å². The Morgan fingerprint density at radius 2 is 1.87 bits per heavy atom. The highest BCUT2D eigenvalue weighted by Gasteiger charge is 2.22. The highest BCUT2D eigenvalue weighted by atomic mass is 79.9. The Kier molecular flexibility index (Phi) is 3.79. The van der Waals surface area contributed by atoms with Crippen LogP contribution >= 0.6 is 15.9 Å². The van der Waals surface area contributed by atoms with Crippen LogP contribution in [0.4, 0.5) is 0 Å². The van der Waals surface area contributed by atoms with Crippen molar-refractivity contribution in [1.29, 1.82) is 0 Å². The number of benzene rings is 1. The zero-order chi connectivity index (χ0) is 11.6. The van der Waals surface area contributed by atoms with Crippen molar-refractivity contribution in [2.45, 2.75) is 26.8 Å². The van der Waals surface area contributed by atoms with Crippen LogP contribution in [-0.4, -0.2) is 7.11 Å². The molecule has 0 saturated heterocycles. The van der Waals surface area contributed by atoms with Crippen molar-refractivity contribution in [1.82, 2.24) is 0 Å². The van der Waals surface area contributed by atoms with Crippen LogP contribution in [0.2, 0.25) is 0 Å². The Hall–Kier alpha value is -0.540. The van der Waals surface area contributed by atoms with Crippen LogP contribution < -0.4 is 10.5 Å². The van der Waals surface area contributed by atoms with E-state index in [0.717, 1.165) is 15.8 Å². The largest absolute Gasteiger partial charge is 0.497 e. The summed E-state index contributed by atoms with van der Waals surface area (Å²) < 4.78 is 6.21. The molecule has 0 fully saturated rings. The number of halogens is 1. The van der Waals surface area contributed by atoms with E-state index in [4.69, 9.17) is 10.5 Å². The van der Waals surface area contributed by atoms with Crippen molar-refractivity contribution in [2.24, 2.45) is 11.1 Å². The molecule has 1 rings (SSSR count). The van der Waals surface area contributed by atoms with Crippen molar-refractivity contribution in [3.05, 3.63) is 28.2 Å². The number of nitrogens with two attached hydrogens (primary N) is 1. The van der Waals surface area contributed by atoms with E-state index < -0.39 is 0 Å². The van der Waals surface area contributed by atoms with Crippen LogP contribution in [0.5, 0.6) is 5.75 Å². The second kappa shape index (κ2) is 4.54. The van der Waals surface area contributed by atoms with Gasteiger partial charge in [-0.15, -0.1) is 0 Å². The molecule has 0 unspecified atom stereocenters. The predicted octanol–water partition coefficient (Wildman–Crippen LogP) is 3.50. The van der Waals surface area contributed by atoms with Gasteiger partial charge >= 0.3 is 0 Å². The number of methoxy groups -OCH3 is 1. The SMILES string of the molecule is COc1cc(Br)cc([C@H](N)C(C)(C)C)c1. The Balaban J connectivity index is 3.09. The van der Waals surface area contributed by atoms with E-state index in [1.54, 1.807) is 7.11 Å². The molecule has 0 bridgehead atoms. The zero-order valence-corrected chi connectivity index (χ0v) is 11.3. The highest BCUT2D eigenvalue weighted by Crippen LogP contribution is 2.33. The smallest absolute Gasteiger partial charge is 0.120 e. The first-order valence-corrected chi connectivity index (χ1v) is 5.74. The molecule has 84 valence electrons. The fourth-order valence-electron chi connectivity index (χ4n) is 1.38. The second-order valence-electron chi connectivity index (χ2n) is 4.77. The van der Waals surface area contributed by atoms with Gasteiger partial charge in [-0.1, -0.05) is 36.7 Å². The van der Waals surface area contributed by atoms with Crippen molar-refractivity contribution in [2.75, 3.05) is 7.11 Å². The molecule has 2 nitrogen and oxygen atoms in total. The van der Waals surface area contributed by atoms with Crippen molar-refractivity contribution < 1.29 is 4.74 Å². The Bertz CT molecular complexity index is 344. The average Bonchev–Trinajstić information content (AvgIpc) is 2.14. The van der Waals surface area contributed by atoms with Crippen LogP contribution in [0, 0.1) is 5.41 Å². The monoisotopic (exact) mass is 271 g/mol.